The highest BCUT2D eigenvalue weighted by molar-refractivity contribution is 7.97. The Morgan fingerprint density at radius 3 is 2.43 bits per heavy atom. The lowest BCUT2D eigenvalue weighted by molar-refractivity contribution is 0.535. The molecule has 0 aliphatic carbocycles. The third-order valence-electron chi connectivity index (χ3n) is 1.62. The van der Waals surface area contributed by atoms with E-state index >= 15 is 0 Å². The summed E-state index contributed by atoms with van der Waals surface area (Å²) < 4.78 is 3.34. The molecule has 0 fully saturated rings. The first-order chi connectivity index (χ1) is 6.38. The van der Waals surface area contributed by atoms with E-state index < -0.39 is 0 Å². The molecule has 0 aliphatic rings. The first-order valence-electron chi connectivity index (χ1n) is 4.59. The minimum Gasteiger partial charge on any atom is -0.255 e. The van der Waals surface area contributed by atoms with Crippen LogP contribution in [0.3, 0.4) is 0 Å². The molecule has 0 atom stereocenters. The van der Waals surface area contributed by atoms with Gasteiger partial charge in [0.25, 0.3) is 0 Å². The largest absolute Gasteiger partial charge is 0.255 e. The fourth-order valence-electron chi connectivity index (χ4n) is 0.849. The van der Waals surface area contributed by atoms with Gasteiger partial charge in [0.15, 0.2) is 0 Å². The van der Waals surface area contributed by atoms with Gasteiger partial charge in [-0.25, -0.2) is 0 Å². The maximum Gasteiger partial charge on any atom is 0.0446 e. The van der Waals surface area contributed by atoms with Crippen molar-refractivity contribution in [1.29, 1.82) is 0 Å². The third kappa shape index (κ3) is 3.91. The zero-order valence-electron chi connectivity index (χ0n) is 9.02. The Labute approximate surface area is 95.4 Å². The number of halogens is 1. The topological polar surface area (TPSA) is 12.0 Å². The molecule has 0 spiro atoms. The molecular weight excluding hydrogens is 214 g/mol. The van der Waals surface area contributed by atoms with E-state index in [1.54, 1.807) is 11.9 Å². The van der Waals surface area contributed by atoms with Gasteiger partial charge in [0.05, 0.1) is 0 Å². The second-order valence-electron chi connectivity index (χ2n) is 4.37. The van der Waals surface area contributed by atoms with Crippen molar-refractivity contribution in [2.45, 2.75) is 38.1 Å². The molecule has 1 N–H and O–H groups in total. The van der Waals surface area contributed by atoms with E-state index in [4.69, 9.17) is 11.6 Å². The van der Waals surface area contributed by atoms with Gasteiger partial charge < -0.3 is 0 Å². The predicted molar refractivity (Wildman–Crippen MR) is 64.9 cm³/mol. The van der Waals surface area contributed by atoms with Crippen LogP contribution in [0, 0.1) is 6.92 Å². The molecule has 3 heteroatoms. The van der Waals surface area contributed by atoms with E-state index in [-0.39, 0.29) is 5.54 Å². The Morgan fingerprint density at radius 2 is 1.93 bits per heavy atom. The second-order valence-corrected chi connectivity index (χ2v) is 5.65. The summed E-state index contributed by atoms with van der Waals surface area (Å²) >= 11 is 7.64. The van der Waals surface area contributed by atoms with Gasteiger partial charge in [0.2, 0.25) is 0 Å². The van der Waals surface area contributed by atoms with Crippen LogP contribution in [0.4, 0.5) is 0 Å². The molecule has 0 unspecified atom stereocenters. The van der Waals surface area contributed by atoms with Gasteiger partial charge in [0.1, 0.15) is 0 Å². The molecule has 1 nitrogen and oxygen atoms in total. The fraction of sp³-hybridized carbons (Fsp3) is 0.455. The minimum atomic E-state index is 0.113. The molecule has 0 heterocycles. The number of aryl methyl sites for hydroxylation is 1. The molecule has 0 amide bonds. The van der Waals surface area contributed by atoms with Crippen LogP contribution in [0.2, 0.25) is 5.02 Å². The summed E-state index contributed by atoms with van der Waals surface area (Å²) in [7, 11) is 0. The van der Waals surface area contributed by atoms with Crippen LogP contribution in [0.25, 0.3) is 0 Å². The molecule has 0 aromatic heterocycles. The Balaban J connectivity index is 2.65. The number of hydrogen-bond donors (Lipinski definition) is 1. The number of nitrogens with one attached hydrogen (secondary N) is 1. The quantitative estimate of drug-likeness (QED) is 0.769. The molecule has 78 valence electrons. The summed E-state index contributed by atoms with van der Waals surface area (Å²) in [5.41, 5.74) is 1.23. The fourth-order valence-corrected chi connectivity index (χ4v) is 1.83. The lowest BCUT2D eigenvalue weighted by atomic mass is 10.1. The van der Waals surface area contributed by atoms with Gasteiger partial charge in [-0.05, 0) is 57.3 Å². The van der Waals surface area contributed by atoms with E-state index in [1.165, 1.54) is 0 Å². The van der Waals surface area contributed by atoms with Gasteiger partial charge in [-0.1, -0.05) is 17.7 Å². The van der Waals surface area contributed by atoms with Crippen molar-refractivity contribution in [3.05, 3.63) is 28.8 Å². The summed E-state index contributed by atoms with van der Waals surface area (Å²) in [4.78, 5) is 1.15. The molecule has 0 saturated carbocycles. The van der Waals surface area contributed by atoms with Gasteiger partial charge in [-0.2, -0.15) is 0 Å². The van der Waals surface area contributed by atoms with Crippen LogP contribution in [0.1, 0.15) is 26.3 Å². The van der Waals surface area contributed by atoms with Crippen LogP contribution in [0.5, 0.6) is 0 Å². The summed E-state index contributed by atoms with van der Waals surface area (Å²) in [6.45, 7) is 8.41. The molecular formula is C11H16ClNS. The molecule has 14 heavy (non-hydrogen) atoms. The Morgan fingerprint density at radius 1 is 1.29 bits per heavy atom. The van der Waals surface area contributed by atoms with Crippen molar-refractivity contribution in [2.75, 3.05) is 0 Å². The normalized spacial score (nSPS) is 11.8. The molecule has 0 aliphatic heterocycles. The SMILES string of the molecule is Cc1ccc(SNC(C)(C)C)cc1Cl. The van der Waals surface area contributed by atoms with Crippen molar-refractivity contribution in [2.24, 2.45) is 0 Å². The highest BCUT2D eigenvalue weighted by Crippen LogP contribution is 2.24. The average Bonchev–Trinajstić information content (AvgIpc) is 2.06. The number of rotatable bonds is 2. The van der Waals surface area contributed by atoms with Gasteiger partial charge in [-0.15, -0.1) is 0 Å². The predicted octanol–water partition coefficient (Wildman–Crippen LogP) is 4.04. The molecule has 0 bridgehead atoms. The van der Waals surface area contributed by atoms with Crippen molar-refractivity contribution in [3.63, 3.8) is 0 Å². The van der Waals surface area contributed by atoms with Crippen molar-refractivity contribution < 1.29 is 0 Å². The van der Waals surface area contributed by atoms with Crippen LogP contribution in [-0.2, 0) is 0 Å². The highest BCUT2D eigenvalue weighted by atomic mass is 35.5. The van der Waals surface area contributed by atoms with E-state index in [1.807, 2.05) is 19.1 Å². The smallest absolute Gasteiger partial charge is 0.0446 e. The van der Waals surface area contributed by atoms with Crippen LogP contribution in [0.15, 0.2) is 23.1 Å². The first kappa shape index (κ1) is 11.9. The number of hydrogen-bond acceptors (Lipinski definition) is 2. The van der Waals surface area contributed by atoms with E-state index in [0.29, 0.717) is 0 Å². The number of benzene rings is 1. The van der Waals surface area contributed by atoms with E-state index in [0.717, 1.165) is 15.5 Å². The van der Waals surface area contributed by atoms with Crippen molar-refractivity contribution in [1.82, 2.24) is 4.72 Å². The monoisotopic (exact) mass is 229 g/mol. The highest BCUT2D eigenvalue weighted by Gasteiger charge is 2.09. The lowest BCUT2D eigenvalue weighted by Gasteiger charge is -2.19. The average molecular weight is 230 g/mol. The lowest BCUT2D eigenvalue weighted by Crippen LogP contribution is -2.29. The zero-order chi connectivity index (χ0) is 10.8. The maximum atomic E-state index is 6.02. The standard InChI is InChI=1S/C11H16ClNS/c1-8-5-6-9(7-10(8)12)14-13-11(2,3)4/h5-7,13H,1-4H3. The van der Waals surface area contributed by atoms with E-state index in [2.05, 4.69) is 31.6 Å². The second kappa shape index (κ2) is 4.56. The molecule has 1 aromatic carbocycles. The third-order valence-corrected chi connectivity index (χ3v) is 3.23. The summed E-state index contributed by atoms with van der Waals surface area (Å²) in [6.07, 6.45) is 0. The van der Waals surface area contributed by atoms with E-state index in [9.17, 15) is 0 Å². The van der Waals surface area contributed by atoms with Crippen LogP contribution >= 0.6 is 23.5 Å². The molecule has 0 saturated heterocycles. The molecule has 1 rings (SSSR count). The Hall–Kier alpha value is -0.180. The van der Waals surface area contributed by atoms with Crippen LogP contribution < -0.4 is 4.72 Å². The van der Waals surface area contributed by atoms with Gasteiger partial charge in [0, 0.05) is 15.5 Å². The Bertz CT molecular complexity index is 318. The maximum absolute atomic E-state index is 6.02. The summed E-state index contributed by atoms with van der Waals surface area (Å²) in [5, 5.41) is 0.825. The summed E-state index contributed by atoms with van der Waals surface area (Å²) in [5.74, 6) is 0. The van der Waals surface area contributed by atoms with Crippen molar-refractivity contribution in [3.8, 4) is 0 Å². The minimum absolute atomic E-state index is 0.113. The zero-order valence-corrected chi connectivity index (χ0v) is 10.6. The van der Waals surface area contributed by atoms with Crippen molar-refractivity contribution >= 4 is 23.5 Å². The first-order valence-corrected chi connectivity index (χ1v) is 5.78. The molecule has 1 aromatic rings. The molecule has 0 radical (unpaired) electrons. The Kier molecular flexibility index (Phi) is 3.87. The van der Waals surface area contributed by atoms with Crippen LogP contribution in [-0.4, -0.2) is 5.54 Å². The summed E-state index contributed by atoms with van der Waals surface area (Å²) in [6, 6.07) is 6.10. The van der Waals surface area contributed by atoms with Gasteiger partial charge in [-0.3, -0.25) is 4.72 Å². The van der Waals surface area contributed by atoms with Gasteiger partial charge >= 0.3 is 0 Å².